The van der Waals surface area contributed by atoms with Crippen molar-refractivity contribution in [2.75, 3.05) is 6.61 Å². The molecule has 2 aromatic heterocycles. The Labute approximate surface area is 132 Å². The van der Waals surface area contributed by atoms with Gasteiger partial charge in [0.2, 0.25) is 0 Å². The zero-order chi connectivity index (χ0) is 16.1. The van der Waals surface area contributed by atoms with Crippen LogP contribution < -0.4 is 0 Å². The van der Waals surface area contributed by atoms with Gasteiger partial charge in [0.05, 0.1) is 5.69 Å². The molecule has 0 saturated carbocycles. The molecule has 0 aliphatic carbocycles. The Morgan fingerprint density at radius 3 is 2.73 bits per heavy atom. The monoisotopic (exact) mass is 345 g/mol. The molecule has 2 aromatic rings. The molecule has 1 unspecified atom stereocenters. The van der Waals surface area contributed by atoms with Crippen LogP contribution >= 0.6 is 22.7 Å². The highest BCUT2D eigenvalue weighted by atomic mass is 32.1. The molecule has 0 aromatic carbocycles. The molecule has 0 radical (unpaired) electrons. The molecule has 1 atom stereocenters. The summed E-state index contributed by atoms with van der Waals surface area (Å²) in [6, 6.07) is 3.49. The van der Waals surface area contributed by atoms with Gasteiger partial charge < -0.3 is 4.84 Å². The minimum Gasteiger partial charge on any atom is -0.314 e. The van der Waals surface area contributed by atoms with Gasteiger partial charge in [-0.25, -0.2) is 4.98 Å². The summed E-state index contributed by atoms with van der Waals surface area (Å²) in [5.41, 5.74) is 0.653. The molecule has 9 nitrogen and oxygen atoms in total. The highest BCUT2D eigenvalue weighted by molar-refractivity contribution is 7.12. The fourth-order valence-corrected chi connectivity index (χ4v) is 3.67. The second-order valence-electron chi connectivity index (χ2n) is 4.09. The van der Waals surface area contributed by atoms with E-state index in [2.05, 4.69) is 9.82 Å². The summed E-state index contributed by atoms with van der Waals surface area (Å²) in [5.74, 6) is 0. The lowest BCUT2D eigenvalue weighted by Gasteiger charge is -2.09. The fraction of sp³-hybridized carbons (Fsp3) is 0.364. The molecule has 118 valence electrons. The van der Waals surface area contributed by atoms with Crippen molar-refractivity contribution in [1.82, 2.24) is 4.98 Å². The Kier molecular flexibility index (Phi) is 5.22. The maximum Gasteiger partial charge on any atom is 0.295 e. The van der Waals surface area contributed by atoms with Gasteiger partial charge in [0, 0.05) is 16.2 Å². The minimum atomic E-state index is -0.885. The third kappa shape index (κ3) is 4.11. The van der Waals surface area contributed by atoms with Crippen LogP contribution in [0, 0.1) is 27.2 Å². The first-order valence-electron chi connectivity index (χ1n) is 6.05. The summed E-state index contributed by atoms with van der Waals surface area (Å²) < 4.78 is 0. The van der Waals surface area contributed by atoms with E-state index in [1.807, 2.05) is 0 Å². The van der Waals surface area contributed by atoms with Gasteiger partial charge in [-0.3, -0.25) is 4.84 Å². The number of thiazole rings is 1. The molecule has 0 aliphatic rings. The van der Waals surface area contributed by atoms with Gasteiger partial charge in [0.1, 0.15) is 11.6 Å². The van der Waals surface area contributed by atoms with Gasteiger partial charge in [0.15, 0.2) is 6.10 Å². The van der Waals surface area contributed by atoms with E-state index in [1.54, 1.807) is 24.4 Å². The third-order valence-electron chi connectivity index (χ3n) is 2.65. The molecule has 0 spiro atoms. The van der Waals surface area contributed by atoms with Gasteiger partial charge in [-0.15, -0.1) is 42.9 Å². The second-order valence-corrected chi connectivity index (χ2v) is 6.19. The van der Waals surface area contributed by atoms with E-state index in [-0.39, 0.29) is 6.61 Å². The predicted octanol–water partition coefficient (Wildman–Crippen LogP) is 2.56. The van der Waals surface area contributed by atoms with Crippen LogP contribution in [0.3, 0.4) is 0 Å². The molecule has 0 N–H and O–H groups in total. The Balaban J connectivity index is 2.18. The van der Waals surface area contributed by atoms with Gasteiger partial charge in [-0.1, -0.05) is 6.07 Å². The Hall–Kier alpha value is -2.27. The van der Waals surface area contributed by atoms with E-state index in [1.165, 1.54) is 22.7 Å². The normalized spacial score (nSPS) is 11.9. The van der Waals surface area contributed by atoms with Crippen LogP contribution in [-0.4, -0.2) is 21.8 Å². The van der Waals surface area contributed by atoms with Gasteiger partial charge in [-0.2, -0.15) is 0 Å². The number of aryl methyl sites for hydroxylation is 1. The van der Waals surface area contributed by atoms with Crippen molar-refractivity contribution in [2.45, 2.75) is 19.4 Å². The molecular formula is C11H11N3O6S2. The highest BCUT2D eigenvalue weighted by Gasteiger charge is 2.24. The molecule has 0 fully saturated rings. The number of nitrogens with zero attached hydrogens (tertiary/aromatic N) is 3. The van der Waals surface area contributed by atoms with Crippen LogP contribution in [0.5, 0.6) is 0 Å². The van der Waals surface area contributed by atoms with Crippen LogP contribution in [0.15, 0.2) is 17.5 Å². The maximum atomic E-state index is 10.7. The number of hydrogen-bond donors (Lipinski definition) is 0. The Morgan fingerprint density at radius 2 is 2.14 bits per heavy atom. The molecule has 0 amide bonds. The van der Waals surface area contributed by atoms with E-state index >= 15 is 0 Å². The van der Waals surface area contributed by atoms with Crippen LogP contribution in [0.25, 0.3) is 0 Å². The van der Waals surface area contributed by atoms with Gasteiger partial charge >= 0.3 is 0 Å². The van der Waals surface area contributed by atoms with Crippen molar-refractivity contribution in [3.8, 4) is 0 Å². The second kappa shape index (κ2) is 7.13. The smallest absolute Gasteiger partial charge is 0.295 e. The van der Waals surface area contributed by atoms with Crippen molar-refractivity contribution < 1.29 is 19.8 Å². The van der Waals surface area contributed by atoms with Crippen molar-refractivity contribution in [2.24, 2.45) is 0 Å². The summed E-state index contributed by atoms with van der Waals surface area (Å²) in [6.07, 6.45) is -0.580. The summed E-state index contributed by atoms with van der Waals surface area (Å²) in [7, 11) is 0. The zero-order valence-electron chi connectivity index (χ0n) is 11.3. The predicted molar refractivity (Wildman–Crippen MR) is 77.7 cm³/mol. The summed E-state index contributed by atoms with van der Waals surface area (Å²) >= 11 is 2.55. The van der Waals surface area contributed by atoms with Crippen molar-refractivity contribution in [1.29, 1.82) is 0 Å². The van der Waals surface area contributed by atoms with Gasteiger partial charge in [-0.05, 0) is 18.4 Å². The molecule has 2 rings (SSSR count). The summed E-state index contributed by atoms with van der Waals surface area (Å²) in [4.78, 5) is 35.6. The van der Waals surface area contributed by atoms with E-state index in [9.17, 15) is 20.2 Å². The fourth-order valence-electron chi connectivity index (χ4n) is 1.75. The van der Waals surface area contributed by atoms with Crippen LogP contribution in [0.1, 0.15) is 26.6 Å². The van der Waals surface area contributed by atoms with Crippen LogP contribution in [0.4, 0.5) is 0 Å². The Morgan fingerprint density at radius 1 is 1.36 bits per heavy atom. The van der Waals surface area contributed by atoms with Crippen molar-refractivity contribution >= 4 is 22.7 Å². The van der Waals surface area contributed by atoms with Crippen molar-refractivity contribution in [3.05, 3.63) is 58.2 Å². The number of hydrogen-bond acceptors (Lipinski definition) is 9. The summed E-state index contributed by atoms with van der Waals surface area (Å²) in [6.45, 7) is 1.65. The molecule has 0 bridgehead atoms. The first kappa shape index (κ1) is 16.1. The highest BCUT2D eigenvalue weighted by Crippen LogP contribution is 2.33. The van der Waals surface area contributed by atoms with Gasteiger partial charge in [0.25, 0.3) is 10.2 Å². The average Bonchev–Trinajstić information content (AvgIpc) is 3.06. The average molecular weight is 345 g/mol. The van der Waals surface area contributed by atoms with Crippen LogP contribution in [-0.2, 0) is 16.1 Å². The lowest BCUT2D eigenvalue weighted by atomic mass is 10.3. The van der Waals surface area contributed by atoms with E-state index in [0.717, 1.165) is 4.88 Å². The quantitative estimate of drug-likeness (QED) is 0.533. The zero-order valence-corrected chi connectivity index (χ0v) is 13.0. The standard InChI is InChI=1S/C11H11N3O6S2/c1-7-8(4-5-19-13(15)16)22-11(12-7)10(20-14(17)18)9-3-2-6-21-9/h2-3,6,10H,4-5H2,1H3. The molecular weight excluding hydrogens is 334 g/mol. The lowest BCUT2D eigenvalue weighted by Crippen LogP contribution is -2.09. The maximum absolute atomic E-state index is 10.7. The molecule has 2 heterocycles. The topological polar surface area (TPSA) is 118 Å². The molecule has 22 heavy (non-hydrogen) atoms. The third-order valence-corrected chi connectivity index (χ3v) is 4.83. The Bertz CT molecular complexity index is 657. The molecule has 0 aliphatic heterocycles. The first-order valence-corrected chi connectivity index (χ1v) is 7.75. The van der Waals surface area contributed by atoms with Crippen LogP contribution in [0.2, 0.25) is 0 Å². The van der Waals surface area contributed by atoms with Crippen molar-refractivity contribution in [3.63, 3.8) is 0 Å². The largest absolute Gasteiger partial charge is 0.314 e. The minimum absolute atomic E-state index is 0.0881. The van der Waals surface area contributed by atoms with E-state index < -0.39 is 16.3 Å². The number of rotatable bonds is 8. The van der Waals surface area contributed by atoms with E-state index in [0.29, 0.717) is 22.0 Å². The SMILES string of the molecule is Cc1nc(C(O[N+](=O)[O-])c2cccs2)sc1CCO[N+](=O)[O-]. The number of thiophene rings is 1. The lowest BCUT2D eigenvalue weighted by molar-refractivity contribution is -0.768. The number of aromatic nitrogens is 1. The van der Waals surface area contributed by atoms with E-state index in [4.69, 9.17) is 4.84 Å². The molecule has 0 saturated heterocycles. The summed E-state index contributed by atoms with van der Waals surface area (Å²) in [5, 5.41) is 21.3. The first-order chi connectivity index (χ1) is 10.5. The molecule has 11 heteroatoms.